The molecule has 0 heterocycles. The largest absolute Gasteiger partial charge is 0.246 e. The first-order valence-electron chi connectivity index (χ1n) is 11.8. The summed E-state index contributed by atoms with van der Waals surface area (Å²) in [6.45, 7) is 12.7. The number of hydrogen-bond acceptors (Lipinski definition) is 2. The highest BCUT2D eigenvalue weighted by molar-refractivity contribution is 6.54. The van der Waals surface area contributed by atoms with E-state index in [0.717, 1.165) is 56.2 Å². The normalized spacial score (nSPS) is 12.2. The molecule has 4 aromatic rings. The van der Waals surface area contributed by atoms with Gasteiger partial charge in [0.1, 0.15) is 0 Å². The summed E-state index contributed by atoms with van der Waals surface area (Å²) in [6, 6.07) is 29.8. The number of aryl methyl sites for hydroxylation is 6. The van der Waals surface area contributed by atoms with E-state index in [2.05, 4.69) is 126 Å². The average Bonchev–Trinajstić information content (AvgIpc) is 2.81. The van der Waals surface area contributed by atoms with Gasteiger partial charge in [-0.15, -0.1) is 0 Å². The van der Waals surface area contributed by atoms with Crippen molar-refractivity contribution in [2.45, 2.75) is 41.5 Å². The van der Waals surface area contributed by atoms with Crippen LogP contribution in [-0.4, -0.2) is 11.4 Å². The van der Waals surface area contributed by atoms with E-state index < -0.39 is 0 Å². The van der Waals surface area contributed by atoms with Crippen LogP contribution in [0.15, 0.2) is 94.9 Å². The van der Waals surface area contributed by atoms with Gasteiger partial charge in [0.25, 0.3) is 0 Å². The van der Waals surface area contributed by atoms with Crippen molar-refractivity contribution in [1.29, 1.82) is 0 Å². The Morgan fingerprint density at radius 2 is 0.706 bits per heavy atom. The van der Waals surface area contributed by atoms with Crippen LogP contribution in [0.5, 0.6) is 0 Å². The van der Waals surface area contributed by atoms with Gasteiger partial charge in [-0.1, -0.05) is 96.1 Å². The third-order valence-corrected chi connectivity index (χ3v) is 6.20. The molecule has 0 aliphatic rings. The van der Waals surface area contributed by atoms with E-state index >= 15 is 0 Å². The molecule has 0 aliphatic carbocycles. The second-order valence-corrected chi connectivity index (χ2v) is 9.13. The molecule has 0 spiro atoms. The van der Waals surface area contributed by atoms with Crippen molar-refractivity contribution in [3.8, 4) is 0 Å². The first-order chi connectivity index (χ1) is 16.3. The summed E-state index contributed by atoms with van der Waals surface area (Å²) < 4.78 is 0. The molecule has 0 aromatic heterocycles. The Kier molecular flexibility index (Phi) is 6.88. The van der Waals surface area contributed by atoms with Crippen LogP contribution < -0.4 is 0 Å². The summed E-state index contributed by atoms with van der Waals surface area (Å²) >= 11 is 0. The first-order valence-corrected chi connectivity index (χ1v) is 11.8. The van der Waals surface area contributed by atoms with E-state index in [0.29, 0.717) is 0 Å². The van der Waals surface area contributed by atoms with Gasteiger partial charge in [-0.05, 0) is 63.8 Å². The standard InChI is InChI=1S/C32H32N2/c1-21-13-17-27(18-14-21)31(33-29-23(3)9-7-10-24(29)4)32(28-19-15-22(2)16-20-28)34-30-25(5)11-8-12-26(30)6/h7-20H,1-6H3. The number of rotatable bonds is 5. The van der Waals surface area contributed by atoms with Crippen LogP contribution in [0.3, 0.4) is 0 Å². The summed E-state index contributed by atoms with van der Waals surface area (Å²) in [5.41, 5.74) is 12.9. The van der Waals surface area contributed by atoms with Gasteiger partial charge in [0.2, 0.25) is 0 Å². The quantitative estimate of drug-likeness (QED) is 0.276. The smallest absolute Gasteiger partial charge is 0.0972 e. The Labute approximate surface area is 203 Å². The Morgan fingerprint density at radius 3 is 1.00 bits per heavy atom. The maximum absolute atomic E-state index is 5.30. The Balaban J connectivity index is 2.06. The summed E-state index contributed by atoms with van der Waals surface area (Å²) in [5.74, 6) is 0. The maximum atomic E-state index is 5.30. The molecule has 0 bridgehead atoms. The number of benzene rings is 4. The molecule has 0 atom stereocenters. The minimum atomic E-state index is 0.879. The summed E-state index contributed by atoms with van der Waals surface area (Å²) in [4.78, 5) is 10.6. The molecule has 0 saturated heterocycles. The third-order valence-electron chi connectivity index (χ3n) is 6.20. The molecule has 0 radical (unpaired) electrons. The molecule has 4 aromatic carbocycles. The first kappa shape index (κ1) is 23.4. The molecule has 170 valence electrons. The van der Waals surface area contributed by atoms with E-state index in [9.17, 15) is 0 Å². The predicted molar refractivity (Wildman–Crippen MR) is 147 cm³/mol. The SMILES string of the molecule is Cc1ccc(C(=Nc2c(C)cccc2C)C(=Nc2c(C)cccc2C)c2ccc(C)cc2)cc1. The number of aliphatic imine (C=N–C) groups is 2. The zero-order valence-corrected chi connectivity index (χ0v) is 21.0. The van der Waals surface area contributed by atoms with E-state index in [1.807, 2.05) is 0 Å². The zero-order chi connectivity index (χ0) is 24.2. The molecule has 0 aliphatic heterocycles. The lowest BCUT2D eigenvalue weighted by Crippen LogP contribution is -2.17. The predicted octanol–water partition coefficient (Wildman–Crippen LogP) is 8.48. The lowest BCUT2D eigenvalue weighted by Gasteiger charge is -2.15. The zero-order valence-electron chi connectivity index (χ0n) is 21.0. The van der Waals surface area contributed by atoms with E-state index in [-0.39, 0.29) is 0 Å². The molecule has 0 amide bonds. The van der Waals surface area contributed by atoms with Gasteiger partial charge >= 0.3 is 0 Å². The lowest BCUT2D eigenvalue weighted by molar-refractivity contribution is 1.31. The van der Waals surface area contributed by atoms with Crippen molar-refractivity contribution in [3.05, 3.63) is 129 Å². The number of para-hydroxylation sites is 2. The fourth-order valence-corrected chi connectivity index (χ4v) is 4.12. The topological polar surface area (TPSA) is 24.7 Å². The average molecular weight is 445 g/mol. The summed E-state index contributed by atoms with van der Waals surface area (Å²) in [7, 11) is 0. The van der Waals surface area contributed by atoms with Crippen LogP contribution in [0.1, 0.15) is 44.5 Å². The summed E-state index contributed by atoms with van der Waals surface area (Å²) in [5, 5.41) is 0. The van der Waals surface area contributed by atoms with Crippen molar-refractivity contribution in [2.75, 3.05) is 0 Å². The van der Waals surface area contributed by atoms with Crippen molar-refractivity contribution in [2.24, 2.45) is 9.98 Å². The van der Waals surface area contributed by atoms with Gasteiger partial charge in [0.15, 0.2) is 0 Å². The van der Waals surface area contributed by atoms with Crippen LogP contribution in [0, 0.1) is 41.5 Å². The van der Waals surface area contributed by atoms with Gasteiger partial charge in [-0.25, -0.2) is 9.98 Å². The van der Waals surface area contributed by atoms with Crippen molar-refractivity contribution in [1.82, 2.24) is 0 Å². The van der Waals surface area contributed by atoms with Gasteiger partial charge < -0.3 is 0 Å². The summed E-state index contributed by atoms with van der Waals surface area (Å²) in [6.07, 6.45) is 0. The Bertz CT molecular complexity index is 1220. The van der Waals surface area contributed by atoms with Gasteiger partial charge in [-0.3, -0.25) is 0 Å². The highest BCUT2D eigenvalue weighted by Crippen LogP contribution is 2.28. The number of nitrogens with zero attached hydrogens (tertiary/aromatic N) is 2. The van der Waals surface area contributed by atoms with Gasteiger partial charge in [0.05, 0.1) is 22.8 Å². The van der Waals surface area contributed by atoms with Crippen LogP contribution in [0.25, 0.3) is 0 Å². The van der Waals surface area contributed by atoms with Crippen molar-refractivity contribution in [3.63, 3.8) is 0 Å². The molecule has 4 rings (SSSR count). The molecule has 0 unspecified atom stereocenters. The highest BCUT2D eigenvalue weighted by atomic mass is 14.8. The van der Waals surface area contributed by atoms with E-state index in [4.69, 9.17) is 9.98 Å². The Morgan fingerprint density at radius 1 is 0.412 bits per heavy atom. The van der Waals surface area contributed by atoms with Crippen LogP contribution in [-0.2, 0) is 0 Å². The van der Waals surface area contributed by atoms with Crippen molar-refractivity contribution < 1.29 is 0 Å². The highest BCUT2D eigenvalue weighted by Gasteiger charge is 2.17. The molecule has 2 heteroatoms. The Hall–Kier alpha value is -3.78. The van der Waals surface area contributed by atoms with Crippen LogP contribution in [0.4, 0.5) is 11.4 Å². The minimum Gasteiger partial charge on any atom is -0.246 e. The fourth-order valence-electron chi connectivity index (χ4n) is 4.12. The maximum Gasteiger partial charge on any atom is 0.0972 e. The van der Waals surface area contributed by atoms with E-state index in [1.165, 1.54) is 11.1 Å². The van der Waals surface area contributed by atoms with Crippen LogP contribution >= 0.6 is 0 Å². The van der Waals surface area contributed by atoms with Crippen LogP contribution in [0.2, 0.25) is 0 Å². The fraction of sp³-hybridized carbons (Fsp3) is 0.188. The second kappa shape index (κ2) is 10.0. The number of hydrogen-bond donors (Lipinski definition) is 0. The minimum absolute atomic E-state index is 0.879. The lowest BCUT2D eigenvalue weighted by atomic mass is 9.97. The molecular formula is C32H32N2. The molecule has 0 fully saturated rings. The third kappa shape index (κ3) is 5.07. The monoisotopic (exact) mass is 444 g/mol. The molecule has 0 saturated carbocycles. The molecular weight excluding hydrogens is 412 g/mol. The molecule has 0 N–H and O–H groups in total. The van der Waals surface area contributed by atoms with Gasteiger partial charge in [0, 0.05) is 11.1 Å². The van der Waals surface area contributed by atoms with E-state index in [1.54, 1.807) is 0 Å². The second-order valence-electron chi connectivity index (χ2n) is 9.13. The van der Waals surface area contributed by atoms with Gasteiger partial charge in [-0.2, -0.15) is 0 Å². The van der Waals surface area contributed by atoms with Crippen molar-refractivity contribution >= 4 is 22.8 Å². The molecule has 2 nitrogen and oxygen atoms in total. The molecule has 34 heavy (non-hydrogen) atoms.